The van der Waals surface area contributed by atoms with Crippen LogP contribution in [0.2, 0.25) is 0 Å². The summed E-state index contributed by atoms with van der Waals surface area (Å²) >= 11 is 0. The summed E-state index contributed by atoms with van der Waals surface area (Å²) in [4.78, 5) is 51.7. The standard InChI is InChI=1S/C32H30N8O6/c1-3-45-31(43)26-27(30(42)34-24-13-9-6-10-14-24)39(38-36-26)19-21-15-17-22(18-16-21)20-40-28(32(44)46-4-2)25(35-37-40)29(41)33-23-11-7-5-8-12-23/h5-18H,3-4,19-20H2,1-2H3,(H,33,41)(H,34,42). The van der Waals surface area contributed by atoms with Gasteiger partial charge in [0.05, 0.1) is 26.3 Å². The molecule has 0 bridgehead atoms. The van der Waals surface area contributed by atoms with E-state index in [9.17, 15) is 19.2 Å². The molecule has 234 valence electrons. The normalized spacial score (nSPS) is 10.7. The molecule has 0 spiro atoms. The van der Waals surface area contributed by atoms with E-state index in [1.54, 1.807) is 86.6 Å². The molecule has 0 atom stereocenters. The maximum atomic E-state index is 13.3. The fourth-order valence-corrected chi connectivity index (χ4v) is 4.48. The number of para-hydroxylation sites is 2. The molecule has 0 saturated heterocycles. The number of benzene rings is 3. The van der Waals surface area contributed by atoms with Gasteiger partial charge in [-0.3, -0.25) is 9.59 Å². The van der Waals surface area contributed by atoms with Gasteiger partial charge in [0.2, 0.25) is 5.69 Å². The first-order valence-corrected chi connectivity index (χ1v) is 14.4. The Bertz CT molecular complexity index is 1840. The fourth-order valence-electron chi connectivity index (χ4n) is 4.48. The zero-order chi connectivity index (χ0) is 32.5. The molecule has 3 aromatic carbocycles. The molecule has 2 N–H and O–H groups in total. The fraction of sp³-hybridized carbons (Fsp3) is 0.188. The highest BCUT2D eigenvalue weighted by Crippen LogP contribution is 2.17. The molecule has 2 aromatic heterocycles. The summed E-state index contributed by atoms with van der Waals surface area (Å²) < 4.78 is 12.9. The molecule has 46 heavy (non-hydrogen) atoms. The molecule has 2 amide bonds. The zero-order valence-electron chi connectivity index (χ0n) is 25.0. The second-order valence-electron chi connectivity index (χ2n) is 9.79. The highest BCUT2D eigenvalue weighted by molar-refractivity contribution is 6.09. The van der Waals surface area contributed by atoms with Crippen molar-refractivity contribution in [3.8, 4) is 0 Å². The second-order valence-corrected chi connectivity index (χ2v) is 9.79. The highest BCUT2D eigenvalue weighted by atomic mass is 16.5. The van der Waals surface area contributed by atoms with Gasteiger partial charge in [0.25, 0.3) is 11.8 Å². The van der Waals surface area contributed by atoms with Gasteiger partial charge in [-0.15, -0.1) is 10.2 Å². The number of carbonyl (C=O) groups is 4. The third-order valence-electron chi connectivity index (χ3n) is 6.59. The summed E-state index contributed by atoms with van der Waals surface area (Å²) in [6.07, 6.45) is 0. The summed E-state index contributed by atoms with van der Waals surface area (Å²) in [5, 5.41) is 21.5. The first kappa shape index (κ1) is 31.3. The van der Waals surface area contributed by atoms with Crippen molar-refractivity contribution in [3.05, 3.63) is 119 Å². The minimum atomic E-state index is -0.760. The topological polar surface area (TPSA) is 172 Å². The van der Waals surface area contributed by atoms with Crippen molar-refractivity contribution in [2.45, 2.75) is 26.9 Å². The predicted molar refractivity (Wildman–Crippen MR) is 165 cm³/mol. The largest absolute Gasteiger partial charge is 0.461 e. The van der Waals surface area contributed by atoms with Crippen LogP contribution in [-0.4, -0.2) is 67.0 Å². The maximum Gasteiger partial charge on any atom is 0.361 e. The number of hydrogen-bond donors (Lipinski definition) is 2. The van der Waals surface area contributed by atoms with Crippen LogP contribution in [0.3, 0.4) is 0 Å². The van der Waals surface area contributed by atoms with Crippen molar-refractivity contribution in [2.75, 3.05) is 23.8 Å². The van der Waals surface area contributed by atoms with E-state index in [1.165, 1.54) is 9.36 Å². The third kappa shape index (κ3) is 7.30. The molecule has 5 aromatic rings. The average Bonchev–Trinajstić information content (AvgIpc) is 3.68. The lowest BCUT2D eigenvalue weighted by molar-refractivity contribution is 0.0503. The lowest BCUT2D eigenvalue weighted by atomic mass is 10.1. The Hall–Kier alpha value is -6.18. The van der Waals surface area contributed by atoms with E-state index in [0.717, 1.165) is 11.1 Å². The van der Waals surface area contributed by atoms with E-state index < -0.39 is 23.8 Å². The maximum absolute atomic E-state index is 13.3. The number of nitrogens with zero attached hydrogens (tertiary/aromatic N) is 6. The SMILES string of the molecule is CCOC(=O)c1nnn(Cc2ccc(Cn3nnc(C(=O)Nc4ccccc4)c3C(=O)OCC)cc2)c1C(=O)Nc1ccccc1. The molecule has 0 aliphatic carbocycles. The van der Waals surface area contributed by atoms with Gasteiger partial charge < -0.3 is 20.1 Å². The molecule has 0 radical (unpaired) electrons. The number of ether oxygens (including phenoxy) is 2. The van der Waals surface area contributed by atoms with Crippen LogP contribution in [0.1, 0.15) is 66.9 Å². The van der Waals surface area contributed by atoms with E-state index in [0.29, 0.717) is 11.4 Å². The summed E-state index contributed by atoms with van der Waals surface area (Å²) in [6, 6.07) is 24.8. The number of rotatable bonds is 12. The van der Waals surface area contributed by atoms with Gasteiger partial charge in [-0.05, 0) is 49.2 Å². The smallest absolute Gasteiger partial charge is 0.361 e. The van der Waals surface area contributed by atoms with Gasteiger partial charge in [0.15, 0.2) is 17.1 Å². The van der Waals surface area contributed by atoms with E-state index in [2.05, 4.69) is 31.3 Å². The van der Waals surface area contributed by atoms with Crippen molar-refractivity contribution in [1.82, 2.24) is 30.0 Å². The molecule has 14 heteroatoms. The molecule has 2 heterocycles. The number of hydrogen-bond acceptors (Lipinski definition) is 10. The number of esters is 2. The Morgan fingerprint density at radius 1 is 0.587 bits per heavy atom. The minimum absolute atomic E-state index is 0.0469. The third-order valence-corrected chi connectivity index (χ3v) is 6.59. The molecule has 0 fully saturated rings. The summed E-state index contributed by atoms with van der Waals surface area (Å²) in [6.45, 7) is 3.76. The average molecular weight is 623 g/mol. The van der Waals surface area contributed by atoms with Crippen LogP contribution in [0.25, 0.3) is 0 Å². The van der Waals surface area contributed by atoms with Crippen LogP contribution >= 0.6 is 0 Å². The van der Waals surface area contributed by atoms with Gasteiger partial charge in [-0.1, -0.05) is 71.1 Å². The molecule has 5 rings (SSSR count). The molecule has 0 saturated carbocycles. The summed E-state index contributed by atoms with van der Waals surface area (Å²) in [5.74, 6) is -2.66. The highest BCUT2D eigenvalue weighted by Gasteiger charge is 2.28. The van der Waals surface area contributed by atoms with Crippen LogP contribution in [0.15, 0.2) is 84.9 Å². The van der Waals surface area contributed by atoms with Crippen LogP contribution < -0.4 is 10.6 Å². The van der Waals surface area contributed by atoms with Gasteiger partial charge in [-0.25, -0.2) is 19.0 Å². The summed E-state index contributed by atoms with van der Waals surface area (Å²) in [7, 11) is 0. The number of anilines is 2. The first-order valence-electron chi connectivity index (χ1n) is 14.4. The van der Waals surface area contributed by atoms with Crippen LogP contribution in [0.4, 0.5) is 11.4 Å². The quantitative estimate of drug-likeness (QED) is 0.195. The molecular formula is C32H30N8O6. The molecule has 0 aliphatic heterocycles. The Kier molecular flexibility index (Phi) is 9.87. The number of carbonyl (C=O) groups excluding carboxylic acids is 4. The molecule has 0 aliphatic rings. The van der Waals surface area contributed by atoms with Gasteiger partial charge in [0.1, 0.15) is 0 Å². The van der Waals surface area contributed by atoms with E-state index in [4.69, 9.17) is 9.47 Å². The van der Waals surface area contributed by atoms with E-state index in [-0.39, 0.29) is 49.1 Å². The van der Waals surface area contributed by atoms with E-state index in [1.807, 2.05) is 12.1 Å². The lowest BCUT2D eigenvalue weighted by Crippen LogP contribution is -2.22. The minimum Gasteiger partial charge on any atom is -0.461 e. The monoisotopic (exact) mass is 622 g/mol. The van der Waals surface area contributed by atoms with Crippen molar-refractivity contribution in [3.63, 3.8) is 0 Å². The lowest BCUT2D eigenvalue weighted by Gasteiger charge is -2.10. The van der Waals surface area contributed by atoms with Crippen molar-refractivity contribution in [1.29, 1.82) is 0 Å². The van der Waals surface area contributed by atoms with Gasteiger partial charge >= 0.3 is 11.9 Å². The Morgan fingerprint density at radius 2 is 1.04 bits per heavy atom. The van der Waals surface area contributed by atoms with Crippen LogP contribution in [0.5, 0.6) is 0 Å². The Morgan fingerprint density at radius 3 is 1.57 bits per heavy atom. The van der Waals surface area contributed by atoms with Crippen LogP contribution in [0, 0.1) is 0 Å². The van der Waals surface area contributed by atoms with Crippen molar-refractivity contribution in [2.24, 2.45) is 0 Å². The summed E-state index contributed by atoms with van der Waals surface area (Å²) in [5.41, 5.74) is 2.06. The van der Waals surface area contributed by atoms with Crippen LogP contribution in [-0.2, 0) is 22.6 Å². The zero-order valence-corrected chi connectivity index (χ0v) is 25.0. The van der Waals surface area contributed by atoms with Crippen molar-refractivity contribution < 1.29 is 28.7 Å². The molecular weight excluding hydrogens is 592 g/mol. The number of aromatic nitrogens is 6. The Labute approximate surface area is 263 Å². The van der Waals surface area contributed by atoms with Crippen molar-refractivity contribution >= 4 is 35.1 Å². The second kappa shape index (κ2) is 14.5. The Balaban J connectivity index is 1.36. The number of amides is 2. The molecule has 14 nitrogen and oxygen atoms in total. The number of nitrogens with one attached hydrogen (secondary N) is 2. The predicted octanol–water partition coefficient (Wildman–Crippen LogP) is 3.82. The first-order chi connectivity index (χ1) is 22.4. The molecule has 0 unspecified atom stereocenters. The van der Waals surface area contributed by atoms with Gasteiger partial charge in [-0.2, -0.15) is 0 Å². The van der Waals surface area contributed by atoms with Gasteiger partial charge in [0, 0.05) is 11.4 Å². The van der Waals surface area contributed by atoms with E-state index >= 15 is 0 Å².